The van der Waals surface area contributed by atoms with Crippen LogP contribution in [0.15, 0.2) is 10.2 Å². The normalized spacial score (nSPS) is 17.1. The number of terminal acetylenes is 1. The number of hydrogen-bond acceptors (Lipinski definition) is 4. The standard InChI is InChI=1S/C11H12F3N3O3/c1-2-3-5-10(16-17-10)6-4-7(8(18)19)15-9(20)11(12,13)14/h1,7H,3-6H2,(H,15,20)(H,18,19)/t7-/m0/s1. The highest BCUT2D eigenvalue weighted by atomic mass is 19.4. The maximum Gasteiger partial charge on any atom is 0.471 e. The van der Waals surface area contributed by atoms with E-state index in [1.54, 1.807) is 0 Å². The summed E-state index contributed by atoms with van der Waals surface area (Å²) >= 11 is 0. The van der Waals surface area contributed by atoms with Crippen LogP contribution in [0.5, 0.6) is 0 Å². The van der Waals surface area contributed by atoms with Crippen LogP contribution >= 0.6 is 0 Å². The Kier molecular flexibility index (Phi) is 4.70. The zero-order chi connectivity index (χ0) is 15.4. The molecule has 0 aromatic carbocycles. The summed E-state index contributed by atoms with van der Waals surface area (Å²) in [5.41, 5.74) is -0.803. The molecule has 0 aromatic rings. The molecule has 0 aromatic heterocycles. The van der Waals surface area contributed by atoms with Gasteiger partial charge in [0.25, 0.3) is 0 Å². The Hall–Kier alpha value is -2.11. The van der Waals surface area contributed by atoms with Gasteiger partial charge in [-0.1, -0.05) is 0 Å². The quantitative estimate of drug-likeness (QED) is 0.696. The lowest BCUT2D eigenvalue weighted by molar-refractivity contribution is -0.175. The van der Waals surface area contributed by atoms with E-state index in [0.717, 1.165) is 0 Å². The molecule has 0 spiro atoms. The van der Waals surface area contributed by atoms with Crippen LogP contribution in [-0.2, 0) is 9.59 Å². The first-order valence-electron chi connectivity index (χ1n) is 5.68. The third-order valence-electron chi connectivity index (χ3n) is 2.75. The fraction of sp³-hybridized carbons (Fsp3) is 0.636. The summed E-state index contributed by atoms with van der Waals surface area (Å²) in [6.45, 7) is 0. The van der Waals surface area contributed by atoms with E-state index in [-0.39, 0.29) is 12.8 Å². The highest BCUT2D eigenvalue weighted by molar-refractivity contribution is 5.86. The van der Waals surface area contributed by atoms with E-state index in [4.69, 9.17) is 11.5 Å². The van der Waals surface area contributed by atoms with Crippen LogP contribution in [0.3, 0.4) is 0 Å². The molecule has 0 radical (unpaired) electrons. The van der Waals surface area contributed by atoms with Crippen molar-refractivity contribution in [3.63, 3.8) is 0 Å². The molecular weight excluding hydrogens is 279 g/mol. The number of rotatable bonds is 7. The number of halogens is 3. The number of amides is 1. The molecule has 0 aliphatic carbocycles. The number of alkyl halides is 3. The number of nitrogens with one attached hydrogen (secondary N) is 1. The fourth-order valence-electron chi connectivity index (χ4n) is 1.54. The van der Waals surface area contributed by atoms with Crippen LogP contribution in [0, 0.1) is 12.3 Å². The molecule has 1 heterocycles. The van der Waals surface area contributed by atoms with Crippen molar-refractivity contribution < 1.29 is 27.9 Å². The molecule has 1 rings (SSSR count). The number of hydrogen-bond donors (Lipinski definition) is 2. The SMILES string of the molecule is C#CCCC1(CC[C@H](NC(=O)C(F)(F)F)C(=O)O)N=N1. The second kappa shape index (κ2) is 5.90. The minimum absolute atomic E-state index is 0.115. The molecule has 6 nitrogen and oxygen atoms in total. The molecule has 0 saturated heterocycles. The third-order valence-corrected chi connectivity index (χ3v) is 2.75. The smallest absolute Gasteiger partial charge is 0.471 e. The van der Waals surface area contributed by atoms with Gasteiger partial charge in [-0.05, 0) is 12.8 Å². The number of carboxylic acids is 1. The lowest BCUT2D eigenvalue weighted by Crippen LogP contribution is -2.47. The van der Waals surface area contributed by atoms with Gasteiger partial charge in [-0.25, -0.2) is 4.79 Å². The molecule has 1 amide bonds. The fourth-order valence-corrected chi connectivity index (χ4v) is 1.54. The third kappa shape index (κ3) is 4.53. The Morgan fingerprint density at radius 2 is 1.95 bits per heavy atom. The average molecular weight is 291 g/mol. The maximum absolute atomic E-state index is 12.1. The Labute approximate surface area is 112 Å². The van der Waals surface area contributed by atoms with E-state index in [0.29, 0.717) is 12.8 Å². The molecule has 1 aliphatic rings. The highest BCUT2D eigenvalue weighted by Gasteiger charge is 2.43. The topological polar surface area (TPSA) is 91.1 Å². The van der Waals surface area contributed by atoms with Crippen molar-refractivity contribution in [3.8, 4) is 12.3 Å². The molecule has 110 valence electrons. The van der Waals surface area contributed by atoms with Crippen molar-refractivity contribution in [2.45, 2.75) is 43.6 Å². The minimum atomic E-state index is -5.12. The Morgan fingerprint density at radius 3 is 2.35 bits per heavy atom. The van der Waals surface area contributed by atoms with Gasteiger partial charge in [0.15, 0.2) is 5.66 Å². The van der Waals surface area contributed by atoms with Gasteiger partial charge in [0.1, 0.15) is 6.04 Å². The summed E-state index contributed by atoms with van der Waals surface area (Å²) in [5.74, 6) is -1.46. The first-order chi connectivity index (χ1) is 9.20. The van der Waals surface area contributed by atoms with Crippen molar-refractivity contribution in [3.05, 3.63) is 0 Å². The van der Waals surface area contributed by atoms with Gasteiger partial charge in [0, 0.05) is 12.8 Å². The van der Waals surface area contributed by atoms with E-state index >= 15 is 0 Å². The summed E-state index contributed by atoms with van der Waals surface area (Å²) in [4.78, 5) is 21.6. The Balaban J connectivity index is 2.51. The lowest BCUT2D eigenvalue weighted by atomic mass is 9.99. The molecule has 1 aliphatic heterocycles. The van der Waals surface area contributed by atoms with Gasteiger partial charge in [0.2, 0.25) is 0 Å². The minimum Gasteiger partial charge on any atom is -0.480 e. The van der Waals surface area contributed by atoms with Gasteiger partial charge in [-0.3, -0.25) is 4.79 Å². The molecule has 0 fully saturated rings. The average Bonchev–Trinajstić information content (AvgIpc) is 3.10. The summed E-state index contributed by atoms with van der Waals surface area (Å²) in [6, 6.07) is -1.64. The number of carbonyl (C=O) groups is 2. The van der Waals surface area contributed by atoms with Gasteiger partial charge < -0.3 is 10.4 Å². The van der Waals surface area contributed by atoms with Gasteiger partial charge in [-0.2, -0.15) is 23.4 Å². The van der Waals surface area contributed by atoms with E-state index in [1.165, 1.54) is 5.32 Å². The zero-order valence-corrected chi connectivity index (χ0v) is 10.3. The Morgan fingerprint density at radius 1 is 1.35 bits per heavy atom. The zero-order valence-electron chi connectivity index (χ0n) is 10.3. The van der Waals surface area contributed by atoms with Crippen LogP contribution in [-0.4, -0.2) is 34.9 Å². The molecule has 9 heteroatoms. The van der Waals surface area contributed by atoms with Crippen molar-refractivity contribution >= 4 is 11.9 Å². The van der Waals surface area contributed by atoms with Crippen molar-refractivity contribution in [2.75, 3.05) is 0 Å². The maximum atomic E-state index is 12.1. The summed E-state index contributed by atoms with van der Waals surface area (Å²) in [7, 11) is 0. The molecule has 0 unspecified atom stereocenters. The van der Waals surface area contributed by atoms with Crippen molar-refractivity contribution in [2.24, 2.45) is 10.2 Å². The molecule has 2 N–H and O–H groups in total. The summed E-state index contributed by atoms with van der Waals surface area (Å²) < 4.78 is 36.2. The van der Waals surface area contributed by atoms with Crippen LogP contribution in [0.25, 0.3) is 0 Å². The van der Waals surface area contributed by atoms with E-state index in [2.05, 4.69) is 16.1 Å². The highest BCUT2D eigenvalue weighted by Crippen LogP contribution is 2.38. The molecule has 0 saturated carbocycles. The molecular formula is C11H12F3N3O3. The van der Waals surface area contributed by atoms with Crippen molar-refractivity contribution in [1.29, 1.82) is 0 Å². The second-order valence-electron chi connectivity index (χ2n) is 4.29. The van der Waals surface area contributed by atoms with Crippen LogP contribution in [0.4, 0.5) is 13.2 Å². The largest absolute Gasteiger partial charge is 0.480 e. The Bertz CT molecular complexity index is 462. The molecule has 1 atom stereocenters. The van der Waals surface area contributed by atoms with Gasteiger partial charge in [0.05, 0.1) is 0 Å². The predicted octanol–water partition coefficient (Wildman–Crippen LogP) is 1.47. The monoisotopic (exact) mass is 291 g/mol. The van der Waals surface area contributed by atoms with Crippen LogP contribution in [0.1, 0.15) is 25.7 Å². The van der Waals surface area contributed by atoms with Gasteiger partial charge >= 0.3 is 18.1 Å². The number of nitrogens with zero attached hydrogens (tertiary/aromatic N) is 2. The van der Waals surface area contributed by atoms with Gasteiger partial charge in [-0.15, -0.1) is 12.3 Å². The predicted molar refractivity (Wildman–Crippen MR) is 60.5 cm³/mol. The van der Waals surface area contributed by atoms with E-state index < -0.39 is 29.8 Å². The first-order valence-corrected chi connectivity index (χ1v) is 5.68. The summed E-state index contributed by atoms with van der Waals surface area (Å²) in [5, 5.41) is 17.7. The molecule has 20 heavy (non-hydrogen) atoms. The van der Waals surface area contributed by atoms with E-state index in [9.17, 15) is 22.8 Å². The van der Waals surface area contributed by atoms with Crippen LogP contribution in [0.2, 0.25) is 0 Å². The number of carbonyl (C=O) groups excluding carboxylic acids is 1. The first kappa shape index (κ1) is 15.9. The molecule has 0 bridgehead atoms. The number of aliphatic carboxylic acids is 1. The van der Waals surface area contributed by atoms with Crippen molar-refractivity contribution in [1.82, 2.24) is 5.32 Å². The second-order valence-corrected chi connectivity index (χ2v) is 4.29. The van der Waals surface area contributed by atoms with Crippen LogP contribution < -0.4 is 5.32 Å². The lowest BCUT2D eigenvalue weighted by Gasteiger charge is -2.17. The summed E-state index contributed by atoms with van der Waals surface area (Å²) in [6.07, 6.45) is 0.632. The number of carboxylic acid groups (broad SMARTS) is 1. The van der Waals surface area contributed by atoms with E-state index in [1.807, 2.05) is 0 Å².